The Morgan fingerprint density at radius 1 is 1.50 bits per heavy atom. The van der Waals surface area contributed by atoms with E-state index in [2.05, 4.69) is 0 Å². The zero-order chi connectivity index (χ0) is 10.8. The average molecular weight is 219 g/mol. The van der Waals surface area contributed by atoms with Gasteiger partial charge in [-0.25, -0.2) is 13.6 Å². The van der Waals surface area contributed by atoms with Crippen LogP contribution in [0.1, 0.15) is 6.42 Å². The molecule has 0 saturated carbocycles. The summed E-state index contributed by atoms with van der Waals surface area (Å²) in [6.07, 6.45) is 4.69. The first-order chi connectivity index (χ1) is 6.45. The van der Waals surface area contributed by atoms with Crippen molar-refractivity contribution in [3.05, 3.63) is 24.0 Å². The van der Waals surface area contributed by atoms with Gasteiger partial charge in [-0.2, -0.15) is 0 Å². The van der Waals surface area contributed by atoms with Crippen LogP contribution in [0.5, 0.6) is 0 Å². The summed E-state index contributed by atoms with van der Waals surface area (Å²) in [5, 5.41) is 5.07. The van der Waals surface area contributed by atoms with Crippen molar-refractivity contribution in [2.24, 2.45) is 5.14 Å². The fourth-order valence-electron chi connectivity index (χ4n) is 1.22. The minimum absolute atomic E-state index is 0.155. The van der Waals surface area contributed by atoms with Crippen LogP contribution in [0.15, 0.2) is 24.0 Å². The van der Waals surface area contributed by atoms with Crippen molar-refractivity contribution in [2.45, 2.75) is 11.4 Å². The van der Waals surface area contributed by atoms with Crippen molar-refractivity contribution in [3.63, 3.8) is 0 Å². The van der Waals surface area contributed by atoms with Gasteiger partial charge in [0, 0.05) is 13.5 Å². The largest absolute Gasteiger partial charge is 0.497 e. The number of primary sulfonamides is 1. The van der Waals surface area contributed by atoms with Crippen LogP contribution in [0.2, 0.25) is 0 Å². The number of sulfonamides is 1. The molecule has 0 spiro atoms. The van der Waals surface area contributed by atoms with E-state index in [4.69, 9.17) is 14.6 Å². The molecule has 1 unspecified atom stereocenters. The lowest BCUT2D eigenvalue weighted by atomic mass is 10.1. The highest BCUT2D eigenvalue weighted by Crippen LogP contribution is 2.28. The second-order valence-electron chi connectivity index (χ2n) is 2.91. The smallest absolute Gasteiger partial charge is 0.243 e. The third-order valence-corrected chi connectivity index (χ3v) is 3.58. The number of rotatable bonds is 3. The standard InChI is InChI=1S/C8H13NO4S/c1-12-7-3-5-8(13-2,6-4-7)14(9,10)11/h3-5H,6H2,1-2H3,(H2,9,10,11). The molecule has 1 aliphatic carbocycles. The Bertz CT molecular complexity index is 371. The van der Waals surface area contributed by atoms with Crippen LogP contribution in [0, 0.1) is 0 Å². The molecule has 0 radical (unpaired) electrons. The van der Waals surface area contributed by atoms with Gasteiger partial charge < -0.3 is 9.47 Å². The molecular weight excluding hydrogens is 206 g/mol. The van der Waals surface area contributed by atoms with Crippen LogP contribution >= 0.6 is 0 Å². The van der Waals surface area contributed by atoms with Crippen molar-refractivity contribution in [1.29, 1.82) is 0 Å². The number of ether oxygens (including phenoxy) is 2. The van der Waals surface area contributed by atoms with Crippen LogP contribution in [-0.2, 0) is 19.5 Å². The second-order valence-corrected chi connectivity index (χ2v) is 4.69. The number of hydrogen-bond donors (Lipinski definition) is 1. The molecule has 0 aromatic carbocycles. The quantitative estimate of drug-likeness (QED) is 0.730. The van der Waals surface area contributed by atoms with Gasteiger partial charge in [0.15, 0.2) is 0 Å². The molecule has 5 nitrogen and oxygen atoms in total. The first kappa shape index (κ1) is 11.2. The van der Waals surface area contributed by atoms with E-state index in [0.717, 1.165) is 0 Å². The van der Waals surface area contributed by atoms with Crippen LogP contribution < -0.4 is 5.14 Å². The molecule has 80 valence electrons. The maximum absolute atomic E-state index is 11.3. The van der Waals surface area contributed by atoms with Crippen molar-refractivity contribution in [3.8, 4) is 0 Å². The first-order valence-corrected chi connectivity index (χ1v) is 5.51. The van der Waals surface area contributed by atoms with Crippen LogP contribution in [0.4, 0.5) is 0 Å². The molecular formula is C8H13NO4S. The lowest BCUT2D eigenvalue weighted by Crippen LogP contribution is -2.43. The lowest BCUT2D eigenvalue weighted by Gasteiger charge is -2.27. The van der Waals surface area contributed by atoms with Crippen molar-refractivity contribution in [2.75, 3.05) is 14.2 Å². The topological polar surface area (TPSA) is 78.6 Å². The van der Waals surface area contributed by atoms with Gasteiger partial charge in [-0.1, -0.05) is 0 Å². The molecule has 0 heterocycles. The van der Waals surface area contributed by atoms with Gasteiger partial charge in [0.05, 0.1) is 7.11 Å². The summed E-state index contributed by atoms with van der Waals surface area (Å²) in [5.74, 6) is 0.598. The molecule has 0 aromatic rings. The minimum atomic E-state index is -3.78. The molecule has 1 atom stereocenters. The van der Waals surface area contributed by atoms with Gasteiger partial charge >= 0.3 is 0 Å². The lowest BCUT2D eigenvalue weighted by molar-refractivity contribution is 0.100. The second kappa shape index (κ2) is 3.72. The summed E-state index contributed by atoms with van der Waals surface area (Å²) < 4.78 is 32.4. The van der Waals surface area contributed by atoms with Gasteiger partial charge in [0.25, 0.3) is 0 Å². The highest BCUT2D eigenvalue weighted by Gasteiger charge is 2.40. The summed E-state index contributed by atoms with van der Waals surface area (Å²) in [6.45, 7) is 0. The molecule has 0 amide bonds. The summed E-state index contributed by atoms with van der Waals surface area (Å²) in [6, 6.07) is 0. The van der Waals surface area contributed by atoms with E-state index in [1.54, 1.807) is 6.08 Å². The molecule has 0 fully saturated rings. The zero-order valence-corrected chi connectivity index (χ0v) is 8.87. The van der Waals surface area contributed by atoms with Crippen molar-refractivity contribution in [1.82, 2.24) is 0 Å². The van der Waals surface area contributed by atoms with E-state index in [1.807, 2.05) is 0 Å². The third-order valence-electron chi connectivity index (χ3n) is 2.15. The molecule has 2 N–H and O–H groups in total. The molecule has 0 aromatic heterocycles. The first-order valence-electron chi connectivity index (χ1n) is 3.96. The van der Waals surface area contributed by atoms with E-state index in [9.17, 15) is 8.42 Å². The summed E-state index contributed by atoms with van der Waals surface area (Å²) in [7, 11) is -0.966. The van der Waals surface area contributed by atoms with E-state index < -0.39 is 15.0 Å². The Balaban J connectivity index is 3.02. The van der Waals surface area contributed by atoms with E-state index in [-0.39, 0.29) is 6.42 Å². The molecule has 0 saturated heterocycles. The molecule has 0 bridgehead atoms. The number of allylic oxidation sites excluding steroid dienone is 1. The number of hydrogen-bond acceptors (Lipinski definition) is 4. The molecule has 1 rings (SSSR count). The fourth-order valence-corrected chi connectivity index (χ4v) is 2.02. The minimum Gasteiger partial charge on any atom is -0.497 e. The van der Waals surface area contributed by atoms with Crippen molar-refractivity contribution < 1.29 is 17.9 Å². The summed E-state index contributed by atoms with van der Waals surface area (Å²) in [4.78, 5) is -1.45. The van der Waals surface area contributed by atoms with E-state index in [0.29, 0.717) is 5.76 Å². The maximum Gasteiger partial charge on any atom is 0.243 e. The number of nitrogens with two attached hydrogens (primary N) is 1. The average Bonchev–Trinajstić information content (AvgIpc) is 2.16. The van der Waals surface area contributed by atoms with Crippen LogP contribution in [0.25, 0.3) is 0 Å². The Morgan fingerprint density at radius 3 is 2.43 bits per heavy atom. The summed E-state index contributed by atoms with van der Waals surface area (Å²) >= 11 is 0. The predicted molar refractivity (Wildman–Crippen MR) is 51.7 cm³/mol. The molecule has 1 aliphatic rings. The van der Waals surface area contributed by atoms with Gasteiger partial charge in [0.1, 0.15) is 5.76 Å². The van der Waals surface area contributed by atoms with Gasteiger partial charge in [-0.3, -0.25) is 0 Å². The van der Waals surface area contributed by atoms with Gasteiger partial charge in [0.2, 0.25) is 15.0 Å². The van der Waals surface area contributed by atoms with E-state index >= 15 is 0 Å². The Morgan fingerprint density at radius 2 is 2.14 bits per heavy atom. The summed E-state index contributed by atoms with van der Waals surface area (Å²) in [5.41, 5.74) is 0. The third kappa shape index (κ3) is 1.82. The number of methoxy groups -OCH3 is 2. The Labute approximate surface area is 83.2 Å². The molecule has 6 heteroatoms. The Hall–Kier alpha value is -0.850. The normalized spacial score (nSPS) is 27.2. The van der Waals surface area contributed by atoms with Crippen LogP contribution in [0.3, 0.4) is 0 Å². The highest BCUT2D eigenvalue weighted by atomic mass is 32.2. The predicted octanol–water partition coefficient (Wildman–Crippen LogP) is 0.108. The monoisotopic (exact) mass is 219 g/mol. The van der Waals surface area contributed by atoms with Crippen molar-refractivity contribution >= 4 is 10.0 Å². The fraction of sp³-hybridized carbons (Fsp3) is 0.500. The maximum atomic E-state index is 11.3. The van der Waals surface area contributed by atoms with Gasteiger partial charge in [-0.15, -0.1) is 0 Å². The molecule has 0 aliphatic heterocycles. The highest BCUT2D eigenvalue weighted by molar-refractivity contribution is 7.90. The zero-order valence-electron chi connectivity index (χ0n) is 8.06. The molecule has 14 heavy (non-hydrogen) atoms. The van der Waals surface area contributed by atoms with Crippen LogP contribution in [-0.4, -0.2) is 27.6 Å². The Kier molecular flexibility index (Phi) is 2.98. The SMILES string of the molecule is COC1=CCC(OC)(S(N)(=O)=O)C=C1. The van der Waals surface area contributed by atoms with E-state index in [1.165, 1.54) is 26.4 Å². The van der Waals surface area contributed by atoms with Gasteiger partial charge in [-0.05, 0) is 18.2 Å².